The molecule has 0 aliphatic heterocycles. The van der Waals surface area contributed by atoms with Gasteiger partial charge in [0.25, 0.3) is 0 Å². The Labute approximate surface area is 346 Å². The number of aryl methyl sites for hydroxylation is 3. The van der Waals surface area contributed by atoms with Crippen molar-refractivity contribution in [3.05, 3.63) is 204 Å². The van der Waals surface area contributed by atoms with Crippen molar-refractivity contribution in [1.82, 2.24) is 0 Å². The molecule has 0 bridgehead atoms. The molecule has 1 heteroatoms. The number of allylic oxidation sites excluding steroid dienone is 2. The average molecular weight is 752 g/mol. The summed E-state index contributed by atoms with van der Waals surface area (Å²) in [4.78, 5) is 4.27. The Bertz CT molecular complexity index is 2290. The van der Waals surface area contributed by atoms with Crippen LogP contribution < -0.4 is 0 Å². The smallest absolute Gasteiger partial charge is 0.0629 e. The van der Waals surface area contributed by atoms with Gasteiger partial charge in [-0.2, -0.15) is 0 Å². The van der Waals surface area contributed by atoms with E-state index in [2.05, 4.69) is 151 Å². The highest BCUT2D eigenvalue weighted by Crippen LogP contribution is 2.50. The molecule has 0 N–H and O–H groups in total. The predicted octanol–water partition coefficient (Wildman–Crippen LogP) is 16.6. The van der Waals surface area contributed by atoms with Crippen LogP contribution in [0.3, 0.4) is 0 Å². The van der Waals surface area contributed by atoms with Gasteiger partial charge in [0, 0.05) is 11.1 Å². The van der Waals surface area contributed by atoms with E-state index in [1.165, 1.54) is 72.3 Å². The highest BCUT2D eigenvalue weighted by atomic mass is 14.7. The number of hydrogen-bond donors (Lipinski definition) is 0. The molecule has 0 radical (unpaired) electrons. The Balaban J connectivity index is 0.000000274. The van der Waals surface area contributed by atoms with Gasteiger partial charge in [0.15, 0.2) is 0 Å². The molecule has 0 amide bonds. The number of hydrogen-bond acceptors (Lipinski definition) is 1. The molecular weight excluding hydrogens is 687 g/mol. The second-order valence-electron chi connectivity index (χ2n) is 15.1. The first kappa shape index (κ1) is 45.6. The van der Waals surface area contributed by atoms with Crippen molar-refractivity contribution >= 4 is 17.0 Å². The molecule has 0 saturated heterocycles. The predicted molar refractivity (Wildman–Crippen MR) is 256 cm³/mol. The molecule has 1 aliphatic rings. The maximum absolute atomic E-state index is 4.27. The normalized spacial score (nSPS) is 11.2. The zero-order valence-electron chi connectivity index (χ0n) is 36.8. The zero-order chi connectivity index (χ0) is 42.3. The molecule has 0 aromatic heterocycles. The van der Waals surface area contributed by atoms with E-state index in [0.29, 0.717) is 0 Å². The van der Waals surface area contributed by atoms with Crippen molar-refractivity contribution < 1.29 is 0 Å². The topological polar surface area (TPSA) is 12.4 Å². The highest BCUT2D eigenvalue weighted by molar-refractivity contribution is 5.89. The van der Waals surface area contributed by atoms with E-state index in [4.69, 9.17) is 0 Å². The van der Waals surface area contributed by atoms with E-state index in [1.54, 1.807) is 6.08 Å². The minimum Gasteiger partial charge on any atom is -0.258 e. The maximum Gasteiger partial charge on any atom is 0.0629 e. The van der Waals surface area contributed by atoms with Gasteiger partial charge in [0.05, 0.1) is 5.70 Å². The summed E-state index contributed by atoms with van der Waals surface area (Å²) >= 11 is 0. The van der Waals surface area contributed by atoms with Gasteiger partial charge in [-0.15, -0.1) is 6.58 Å². The van der Waals surface area contributed by atoms with Crippen molar-refractivity contribution in [1.29, 1.82) is 0 Å². The Morgan fingerprint density at radius 3 is 1.56 bits per heavy atom. The number of nitrogens with zero attached hydrogens (tertiary/aromatic N) is 1. The summed E-state index contributed by atoms with van der Waals surface area (Å²) in [5.41, 5.74) is 21.7. The van der Waals surface area contributed by atoms with E-state index >= 15 is 0 Å². The van der Waals surface area contributed by atoms with Crippen LogP contribution in [-0.2, 0) is 5.41 Å². The standard InChI is InChI=1S/C31H30.C11H13N.C9H10.C3H6.C2H6/c1-19-11-7-8-12-23(19)30-20(2)15-16-24(22(30)4)26-18-27-25-13-9-10-14-28(25)31(5,6)29(27)17-21(26)3;1-9(2)12-10(3)11-7-5-4-6-8-11;1-8(2)9-6-4-3-5-7-9;1-3-2;1-2/h7-18H,1-6H3;4-8H,3H2,1-2H3;3-7H,1H2,2H3;3H,1H2,2H3;1-2H3. The maximum atomic E-state index is 4.27. The molecule has 57 heavy (non-hydrogen) atoms. The number of benzene rings is 6. The number of aliphatic imine (C=N–C) groups is 1. The van der Waals surface area contributed by atoms with E-state index in [0.717, 1.165) is 22.5 Å². The lowest BCUT2D eigenvalue weighted by molar-refractivity contribution is 0.660. The summed E-state index contributed by atoms with van der Waals surface area (Å²) in [6.45, 7) is 36.6. The van der Waals surface area contributed by atoms with Gasteiger partial charge >= 0.3 is 0 Å². The Kier molecular flexibility index (Phi) is 17.2. The van der Waals surface area contributed by atoms with Crippen LogP contribution >= 0.6 is 0 Å². The summed E-state index contributed by atoms with van der Waals surface area (Å²) in [5.74, 6) is 0. The van der Waals surface area contributed by atoms with Crippen molar-refractivity contribution in [2.75, 3.05) is 0 Å². The van der Waals surface area contributed by atoms with Crippen molar-refractivity contribution in [2.24, 2.45) is 4.99 Å². The van der Waals surface area contributed by atoms with E-state index in [9.17, 15) is 0 Å². The fraction of sp³-hybridized carbons (Fsp3) is 0.232. The Morgan fingerprint density at radius 1 is 0.526 bits per heavy atom. The fourth-order valence-corrected chi connectivity index (χ4v) is 7.24. The third-order valence-electron chi connectivity index (χ3n) is 10.0. The lowest BCUT2D eigenvalue weighted by Gasteiger charge is -2.23. The van der Waals surface area contributed by atoms with Crippen LogP contribution in [0.2, 0.25) is 0 Å². The molecule has 0 spiro atoms. The van der Waals surface area contributed by atoms with Crippen molar-refractivity contribution in [3.63, 3.8) is 0 Å². The molecule has 0 heterocycles. The fourth-order valence-electron chi connectivity index (χ4n) is 7.24. The van der Waals surface area contributed by atoms with Crippen LogP contribution in [0.25, 0.3) is 44.7 Å². The molecular formula is C56H65N. The van der Waals surface area contributed by atoms with Gasteiger partial charge < -0.3 is 0 Å². The third-order valence-corrected chi connectivity index (χ3v) is 10.0. The molecule has 6 aromatic rings. The van der Waals surface area contributed by atoms with Crippen molar-refractivity contribution in [3.8, 4) is 33.4 Å². The summed E-state index contributed by atoms with van der Waals surface area (Å²) in [5, 5.41) is 0. The van der Waals surface area contributed by atoms with Gasteiger partial charge in [-0.3, -0.25) is 4.99 Å². The number of rotatable bonds is 5. The SMILES string of the molecule is C=C(C)c1ccccc1.C=C(N=C(C)C)c1ccccc1.C=CC.CC.Cc1cc2c(cc1-c1ccc(C)c(-c3ccccc3C)c1C)-c1ccccc1C2(C)C. The first-order valence-corrected chi connectivity index (χ1v) is 20.2. The molecule has 0 atom stereocenters. The van der Waals surface area contributed by atoms with Crippen LogP contribution in [0.5, 0.6) is 0 Å². The Morgan fingerprint density at radius 2 is 1.04 bits per heavy atom. The molecule has 0 saturated carbocycles. The number of fused-ring (bicyclic) bond motifs is 3. The van der Waals surface area contributed by atoms with Crippen LogP contribution in [0.4, 0.5) is 0 Å². The second-order valence-corrected chi connectivity index (χ2v) is 15.1. The van der Waals surface area contributed by atoms with Crippen LogP contribution in [0.1, 0.15) is 99.9 Å². The second kappa shape index (κ2) is 21.5. The summed E-state index contributed by atoms with van der Waals surface area (Å²) in [6.07, 6.45) is 1.75. The quantitative estimate of drug-likeness (QED) is 0.123. The zero-order valence-corrected chi connectivity index (χ0v) is 36.8. The summed E-state index contributed by atoms with van der Waals surface area (Å²) in [6, 6.07) is 47.2. The minimum atomic E-state index is 0.0455. The van der Waals surface area contributed by atoms with Gasteiger partial charge in [-0.1, -0.05) is 180 Å². The molecule has 0 unspecified atom stereocenters. The average Bonchev–Trinajstić information content (AvgIpc) is 3.42. The lowest BCUT2D eigenvalue weighted by atomic mass is 9.80. The molecule has 6 aromatic carbocycles. The monoisotopic (exact) mass is 752 g/mol. The largest absolute Gasteiger partial charge is 0.258 e. The highest BCUT2D eigenvalue weighted by Gasteiger charge is 2.35. The molecule has 0 fully saturated rings. The van der Waals surface area contributed by atoms with E-state index < -0.39 is 0 Å². The summed E-state index contributed by atoms with van der Waals surface area (Å²) < 4.78 is 0. The summed E-state index contributed by atoms with van der Waals surface area (Å²) in [7, 11) is 0. The van der Waals surface area contributed by atoms with E-state index in [-0.39, 0.29) is 5.41 Å². The van der Waals surface area contributed by atoms with Crippen LogP contribution in [-0.4, -0.2) is 5.71 Å². The third kappa shape index (κ3) is 11.4. The van der Waals surface area contributed by atoms with Gasteiger partial charge in [0.2, 0.25) is 0 Å². The lowest BCUT2D eigenvalue weighted by Crippen LogP contribution is -2.15. The molecule has 294 valence electrons. The van der Waals surface area contributed by atoms with Crippen LogP contribution in [0, 0.1) is 27.7 Å². The van der Waals surface area contributed by atoms with Gasteiger partial charge in [0.1, 0.15) is 0 Å². The van der Waals surface area contributed by atoms with Gasteiger partial charge in [-0.05, 0) is 139 Å². The first-order valence-electron chi connectivity index (χ1n) is 20.2. The van der Waals surface area contributed by atoms with Crippen LogP contribution in [0.15, 0.2) is 164 Å². The van der Waals surface area contributed by atoms with E-state index in [1.807, 2.05) is 90.1 Å². The van der Waals surface area contributed by atoms with Gasteiger partial charge in [-0.25, -0.2) is 0 Å². The first-order chi connectivity index (χ1) is 27.2. The minimum absolute atomic E-state index is 0.0455. The molecule has 1 nitrogen and oxygen atoms in total. The Hall–Kier alpha value is -5.79. The molecule has 1 aliphatic carbocycles. The molecule has 7 rings (SSSR count). The van der Waals surface area contributed by atoms with Crippen molar-refractivity contribution in [2.45, 2.75) is 88.5 Å².